The number of sulfonamides is 2. The van der Waals surface area contributed by atoms with Gasteiger partial charge in [-0.3, -0.25) is 0 Å². The van der Waals surface area contributed by atoms with Crippen LogP contribution in [0.2, 0.25) is 10.0 Å². The molecule has 0 aromatic heterocycles. The van der Waals surface area contributed by atoms with Crippen LogP contribution in [0.1, 0.15) is 0 Å². The lowest BCUT2D eigenvalue weighted by molar-refractivity contribution is 0.596. The van der Waals surface area contributed by atoms with Crippen molar-refractivity contribution >= 4 is 78.2 Å². The van der Waals surface area contributed by atoms with Gasteiger partial charge in [0.05, 0.1) is 16.4 Å². The van der Waals surface area contributed by atoms with Gasteiger partial charge in [-0.1, -0.05) is 59.6 Å². The summed E-state index contributed by atoms with van der Waals surface area (Å²) in [5.41, 5.74) is 0.255. The first-order valence-electron chi connectivity index (χ1n) is 8.08. The summed E-state index contributed by atoms with van der Waals surface area (Å²) >= 11 is 24.3. The van der Waals surface area contributed by atoms with Crippen LogP contribution in [0.4, 0.5) is 11.4 Å². The van der Waals surface area contributed by atoms with Gasteiger partial charge >= 0.3 is 0 Å². The normalized spacial score (nSPS) is 11.9. The largest absolute Gasteiger partial charge is 0.279 e. The fourth-order valence-corrected chi connectivity index (χ4v) is 6.60. The topological polar surface area (TPSA) is 74.8 Å². The van der Waals surface area contributed by atoms with E-state index in [1.807, 2.05) is 0 Å². The standard InChI is InChI=1S/C18H12Cl4N2O4S2/c19-13-11-16(29(25,26)23(21)14-7-3-1-4-8-14)18(20)17(12-13)30(27,28)24(22)15-9-5-2-6-10-15/h1-12H. The highest BCUT2D eigenvalue weighted by atomic mass is 35.5. The van der Waals surface area contributed by atoms with E-state index in [0.717, 1.165) is 12.1 Å². The second kappa shape index (κ2) is 8.82. The molecule has 0 saturated heterocycles. The summed E-state index contributed by atoms with van der Waals surface area (Å²) < 4.78 is 53.0. The van der Waals surface area contributed by atoms with Crippen LogP contribution in [0.3, 0.4) is 0 Å². The van der Waals surface area contributed by atoms with Crippen molar-refractivity contribution in [1.29, 1.82) is 0 Å². The van der Waals surface area contributed by atoms with Gasteiger partial charge in [-0.15, -0.1) is 0 Å². The Hall–Kier alpha value is -1.68. The van der Waals surface area contributed by atoms with Crippen LogP contribution in [0.15, 0.2) is 82.6 Å². The van der Waals surface area contributed by atoms with Crippen molar-refractivity contribution < 1.29 is 16.8 Å². The monoisotopic (exact) mass is 524 g/mol. The number of para-hydroxylation sites is 2. The molecule has 0 saturated carbocycles. The first kappa shape index (κ1) is 23.0. The average Bonchev–Trinajstić information content (AvgIpc) is 2.75. The molecule has 6 nitrogen and oxygen atoms in total. The highest BCUT2D eigenvalue weighted by Gasteiger charge is 2.33. The summed E-state index contributed by atoms with van der Waals surface area (Å²) in [5, 5.41) is -0.782. The van der Waals surface area contributed by atoms with E-state index >= 15 is 0 Å². The minimum atomic E-state index is -4.46. The molecular formula is C18H12Cl4N2O4S2. The molecule has 0 atom stereocenters. The molecule has 0 aliphatic heterocycles. The predicted octanol–water partition coefficient (Wildman–Crippen LogP) is 5.69. The molecule has 0 amide bonds. The van der Waals surface area contributed by atoms with E-state index in [9.17, 15) is 16.8 Å². The van der Waals surface area contributed by atoms with Crippen molar-refractivity contribution in [3.63, 3.8) is 0 Å². The molecule has 3 rings (SSSR count). The van der Waals surface area contributed by atoms with Gasteiger partial charge in [-0.05, 0) is 36.4 Å². The number of rotatable bonds is 6. The maximum atomic E-state index is 13.0. The van der Waals surface area contributed by atoms with Crippen molar-refractivity contribution in [2.75, 3.05) is 7.65 Å². The molecule has 0 aliphatic rings. The summed E-state index contributed by atoms with van der Waals surface area (Å²) in [6, 6.07) is 17.5. The van der Waals surface area contributed by atoms with E-state index in [1.165, 1.54) is 24.3 Å². The Morgan fingerprint density at radius 2 is 0.933 bits per heavy atom. The van der Waals surface area contributed by atoms with Gasteiger partial charge in [0.1, 0.15) is 9.79 Å². The van der Waals surface area contributed by atoms with Crippen molar-refractivity contribution in [1.82, 2.24) is 0 Å². The van der Waals surface area contributed by atoms with Crippen LogP contribution in [-0.2, 0) is 20.0 Å². The quantitative estimate of drug-likeness (QED) is 0.387. The Bertz CT molecular complexity index is 1180. The third kappa shape index (κ3) is 4.34. The predicted molar refractivity (Wildman–Crippen MR) is 120 cm³/mol. The first-order valence-corrected chi connectivity index (χ1v) is 12.4. The molecule has 0 N–H and O–H groups in total. The van der Waals surface area contributed by atoms with Gasteiger partial charge in [0.25, 0.3) is 20.0 Å². The molecule has 30 heavy (non-hydrogen) atoms. The second-order valence-electron chi connectivity index (χ2n) is 5.83. The van der Waals surface area contributed by atoms with Crippen LogP contribution in [0.5, 0.6) is 0 Å². The van der Waals surface area contributed by atoms with Gasteiger partial charge in [0.2, 0.25) is 0 Å². The highest BCUT2D eigenvalue weighted by molar-refractivity contribution is 7.95. The van der Waals surface area contributed by atoms with E-state index in [4.69, 9.17) is 46.8 Å². The molecule has 12 heteroatoms. The van der Waals surface area contributed by atoms with Crippen molar-refractivity contribution in [2.45, 2.75) is 9.79 Å². The molecule has 0 heterocycles. The summed E-state index contributed by atoms with van der Waals surface area (Å²) in [5.74, 6) is 0. The van der Waals surface area contributed by atoms with E-state index in [0.29, 0.717) is 7.65 Å². The van der Waals surface area contributed by atoms with Crippen molar-refractivity contribution in [3.8, 4) is 0 Å². The zero-order chi connectivity index (χ0) is 22.1. The highest BCUT2D eigenvalue weighted by Crippen LogP contribution is 2.38. The average molecular weight is 526 g/mol. The molecule has 0 bridgehead atoms. The summed E-state index contributed by atoms with van der Waals surface area (Å²) in [7, 11) is -8.92. The minimum absolute atomic E-state index is 0.128. The molecule has 158 valence electrons. The van der Waals surface area contributed by atoms with Crippen LogP contribution in [0.25, 0.3) is 0 Å². The molecule has 0 spiro atoms. The Morgan fingerprint density at radius 3 is 1.27 bits per heavy atom. The number of halogens is 4. The number of anilines is 2. The zero-order valence-electron chi connectivity index (χ0n) is 14.8. The minimum Gasteiger partial charge on any atom is -0.200 e. The maximum Gasteiger partial charge on any atom is 0.279 e. The van der Waals surface area contributed by atoms with E-state index < -0.39 is 34.9 Å². The Morgan fingerprint density at radius 1 is 0.600 bits per heavy atom. The summed E-state index contributed by atoms with van der Waals surface area (Å²) in [6.07, 6.45) is 0. The van der Waals surface area contributed by atoms with Crippen LogP contribution in [0, 0.1) is 0 Å². The third-order valence-corrected chi connectivity index (χ3v) is 9.22. The molecule has 0 fully saturated rings. The number of benzene rings is 3. The van der Waals surface area contributed by atoms with Gasteiger partial charge in [0, 0.05) is 28.6 Å². The fourth-order valence-electron chi connectivity index (χ4n) is 2.46. The van der Waals surface area contributed by atoms with Gasteiger partial charge < -0.3 is 0 Å². The summed E-state index contributed by atoms with van der Waals surface area (Å²) in [6.45, 7) is 0. The van der Waals surface area contributed by atoms with Crippen molar-refractivity contribution in [2.24, 2.45) is 0 Å². The molecule has 0 radical (unpaired) electrons. The van der Waals surface area contributed by atoms with E-state index in [2.05, 4.69) is 0 Å². The Kier molecular flexibility index (Phi) is 6.76. The van der Waals surface area contributed by atoms with E-state index in [-0.39, 0.29) is 16.4 Å². The van der Waals surface area contributed by atoms with Crippen molar-refractivity contribution in [3.05, 3.63) is 82.8 Å². The maximum absolute atomic E-state index is 13.0. The number of hydrogen-bond acceptors (Lipinski definition) is 4. The lowest BCUT2D eigenvalue weighted by Gasteiger charge is -2.20. The Balaban J connectivity index is 2.15. The smallest absolute Gasteiger partial charge is 0.200 e. The van der Waals surface area contributed by atoms with Crippen LogP contribution in [-0.4, -0.2) is 16.8 Å². The molecule has 3 aromatic carbocycles. The second-order valence-corrected chi connectivity index (χ2v) is 11.2. The summed E-state index contributed by atoms with van der Waals surface area (Å²) in [4.78, 5) is -1.18. The molecular weight excluding hydrogens is 514 g/mol. The van der Waals surface area contributed by atoms with Crippen LogP contribution < -0.4 is 7.65 Å². The van der Waals surface area contributed by atoms with Gasteiger partial charge in [-0.25, -0.2) is 0 Å². The van der Waals surface area contributed by atoms with E-state index in [1.54, 1.807) is 36.4 Å². The number of nitrogens with zero attached hydrogens (tertiary/aromatic N) is 2. The van der Waals surface area contributed by atoms with Gasteiger partial charge in [-0.2, -0.15) is 24.5 Å². The fraction of sp³-hybridized carbons (Fsp3) is 0. The lowest BCUT2D eigenvalue weighted by Crippen LogP contribution is -2.24. The third-order valence-electron chi connectivity index (χ3n) is 3.87. The SMILES string of the molecule is O=S(=O)(c1cc(Cl)cc(S(=O)(=O)N(Cl)c2ccccc2)c1Cl)N(Cl)c1ccccc1. The van der Waals surface area contributed by atoms with Gasteiger partial charge in [0.15, 0.2) is 0 Å². The zero-order valence-corrected chi connectivity index (χ0v) is 19.4. The molecule has 0 unspecified atom stereocenters. The lowest BCUT2D eigenvalue weighted by atomic mass is 10.3. The Labute approximate surface area is 194 Å². The molecule has 3 aromatic rings. The van der Waals surface area contributed by atoms with Crippen LogP contribution >= 0.6 is 46.8 Å². The first-order chi connectivity index (χ1) is 14.1. The number of hydrogen-bond donors (Lipinski definition) is 0. The molecule has 0 aliphatic carbocycles.